The van der Waals surface area contributed by atoms with Gasteiger partial charge in [-0.25, -0.2) is 4.98 Å². The number of aromatic nitrogens is 3. The number of thiophene rings is 1. The fourth-order valence-corrected chi connectivity index (χ4v) is 4.56. The summed E-state index contributed by atoms with van der Waals surface area (Å²) in [5.74, 6) is 0.210. The number of carbonyl (C=O) groups is 1. The van der Waals surface area contributed by atoms with Crippen molar-refractivity contribution in [2.24, 2.45) is 0 Å². The van der Waals surface area contributed by atoms with E-state index in [0.717, 1.165) is 5.56 Å². The van der Waals surface area contributed by atoms with Crippen LogP contribution in [-0.4, -0.2) is 45.5 Å². The van der Waals surface area contributed by atoms with E-state index < -0.39 is 0 Å². The Morgan fingerprint density at radius 2 is 2.06 bits per heavy atom. The van der Waals surface area contributed by atoms with E-state index in [0.29, 0.717) is 47.0 Å². The molecule has 1 atom stereocenters. The number of fused-ring (bicyclic) bond motifs is 1. The molecular weight excluding hydrogens is 412 g/mol. The Morgan fingerprint density at radius 1 is 1.23 bits per heavy atom. The molecular formula is C23H20N4O3S. The third-order valence-electron chi connectivity index (χ3n) is 5.37. The van der Waals surface area contributed by atoms with Crippen molar-refractivity contribution in [2.45, 2.75) is 13.0 Å². The lowest BCUT2D eigenvalue weighted by Gasteiger charge is -2.33. The summed E-state index contributed by atoms with van der Waals surface area (Å²) >= 11 is 1.23. The largest absolute Gasteiger partial charge is 0.370 e. The summed E-state index contributed by atoms with van der Waals surface area (Å²) in [5, 5.41) is 1.72. The average molecular weight is 433 g/mol. The van der Waals surface area contributed by atoms with Gasteiger partial charge in [0.1, 0.15) is 22.0 Å². The minimum absolute atomic E-state index is 0.142. The van der Waals surface area contributed by atoms with Crippen molar-refractivity contribution in [3.05, 3.63) is 81.1 Å². The molecule has 1 aliphatic heterocycles. The summed E-state index contributed by atoms with van der Waals surface area (Å²) in [7, 11) is 0. The molecule has 4 heterocycles. The first-order valence-electron chi connectivity index (χ1n) is 10.0. The monoisotopic (exact) mass is 432 g/mol. The van der Waals surface area contributed by atoms with Gasteiger partial charge in [-0.05, 0) is 24.6 Å². The number of ether oxygens (including phenoxy) is 1. The lowest BCUT2D eigenvalue weighted by molar-refractivity contribution is -0.0227. The molecule has 1 amide bonds. The molecule has 1 unspecified atom stereocenters. The third-order valence-corrected chi connectivity index (χ3v) is 6.34. The Balaban J connectivity index is 1.47. The minimum Gasteiger partial charge on any atom is -0.370 e. The maximum atomic E-state index is 13.4. The molecule has 1 N–H and O–H groups in total. The second-order valence-electron chi connectivity index (χ2n) is 7.48. The van der Waals surface area contributed by atoms with Crippen LogP contribution in [0.4, 0.5) is 0 Å². The normalized spacial score (nSPS) is 16.5. The maximum Gasteiger partial charge on any atom is 0.269 e. The van der Waals surface area contributed by atoms with Crippen LogP contribution < -0.4 is 5.56 Å². The van der Waals surface area contributed by atoms with Crippen molar-refractivity contribution in [2.75, 3.05) is 19.7 Å². The number of H-pyrrole nitrogens is 1. The van der Waals surface area contributed by atoms with Crippen LogP contribution in [0.15, 0.2) is 58.8 Å². The number of nitrogens with one attached hydrogen (secondary N) is 1. The predicted molar refractivity (Wildman–Crippen MR) is 119 cm³/mol. The number of hydrogen-bond acceptors (Lipinski definition) is 6. The van der Waals surface area contributed by atoms with E-state index in [4.69, 9.17) is 4.74 Å². The van der Waals surface area contributed by atoms with E-state index in [1.54, 1.807) is 28.6 Å². The molecule has 3 aromatic heterocycles. The SMILES string of the molecule is Cc1ccc(C2CN(C(=O)c3csc4c(=O)[nH]c(-c5ccccn5)nc34)CCO2)cc1. The summed E-state index contributed by atoms with van der Waals surface area (Å²) in [6.07, 6.45) is 1.46. The molecule has 5 rings (SSSR count). The van der Waals surface area contributed by atoms with E-state index in [1.165, 1.54) is 16.9 Å². The van der Waals surface area contributed by atoms with E-state index in [9.17, 15) is 9.59 Å². The van der Waals surface area contributed by atoms with Gasteiger partial charge in [-0.3, -0.25) is 14.6 Å². The van der Waals surface area contributed by atoms with Crippen molar-refractivity contribution in [3.8, 4) is 11.5 Å². The van der Waals surface area contributed by atoms with Crippen LogP contribution >= 0.6 is 11.3 Å². The Kier molecular flexibility index (Phi) is 5.09. The Hall–Kier alpha value is -3.36. The number of aromatic amines is 1. The smallest absolute Gasteiger partial charge is 0.269 e. The maximum absolute atomic E-state index is 13.4. The van der Waals surface area contributed by atoms with E-state index in [-0.39, 0.29) is 17.6 Å². The highest BCUT2D eigenvalue weighted by Gasteiger charge is 2.28. The molecule has 8 heteroatoms. The number of rotatable bonds is 3. The molecule has 4 aromatic rings. The summed E-state index contributed by atoms with van der Waals surface area (Å²) in [6.45, 7) is 3.45. The second kappa shape index (κ2) is 8.05. The molecule has 1 aromatic carbocycles. The van der Waals surface area contributed by atoms with E-state index in [1.807, 2.05) is 37.3 Å². The average Bonchev–Trinajstić information content (AvgIpc) is 3.24. The number of aryl methyl sites for hydroxylation is 1. The quantitative estimate of drug-likeness (QED) is 0.535. The molecule has 156 valence electrons. The summed E-state index contributed by atoms with van der Waals surface area (Å²) in [4.78, 5) is 39.3. The summed E-state index contributed by atoms with van der Waals surface area (Å²) < 4.78 is 6.35. The minimum atomic E-state index is -0.269. The molecule has 7 nitrogen and oxygen atoms in total. The zero-order chi connectivity index (χ0) is 21.4. The number of amides is 1. The lowest BCUT2D eigenvalue weighted by Crippen LogP contribution is -2.42. The topological polar surface area (TPSA) is 88.2 Å². The fraction of sp³-hybridized carbons (Fsp3) is 0.217. The molecule has 1 saturated heterocycles. The van der Waals surface area contributed by atoms with Crippen molar-refractivity contribution in [3.63, 3.8) is 0 Å². The zero-order valence-corrected chi connectivity index (χ0v) is 17.7. The molecule has 31 heavy (non-hydrogen) atoms. The molecule has 1 aliphatic rings. The van der Waals surface area contributed by atoms with Crippen LogP contribution in [0.5, 0.6) is 0 Å². The standard InChI is InChI=1S/C23H20N4O3S/c1-14-5-7-15(8-6-14)18-12-27(10-11-30-18)23(29)16-13-31-20-19(16)25-21(26-22(20)28)17-4-2-3-9-24-17/h2-9,13,18H,10-12H2,1H3,(H,25,26,28). The van der Waals surface area contributed by atoms with Gasteiger partial charge in [0, 0.05) is 18.1 Å². The third kappa shape index (κ3) is 3.75. The fourth-order valence-electron chi connectivity index (χ4n) is 3.69. The summed E-state index contributed by atoms with van der Waals surface area (Å²) in [5.41, 5.74) is 3.36. The number of pyridine rings is 1. The van der Waals surface area contributed by atoms with Crippen LogP contribution in [0, 0.1) is 6.92 Å². The molecule has 0 radical (unpaired) electrons. The lowest BCUT2D eigenvalue weighted by atomic mass is 10.1. The summed E-state index contributed by atoms with van der Waals surface area (Å²) in [6, 6.07) is 13.5. The molecule has 0 aliphatic carbocycles. The van der Waals surface area contributed by atoms with E-state index in [2.05, 4.69) is 15.0 Å². The molecule has 1 fully saturated rings. The highest BCUT2D eigenvalue weighted by atomic mass is 32.1. The van der Waals surface area contributed by atoms with Crippen LogP contribution in [-0.2, 0) is 4.74 Å². The van der Waals surface area contributed by atoms with Crippen molar-refractivity contribution < 1.29 is 9.53 Å². The highest BCUT2D eigenvalue weighted by molar-refractivity contribution is 7.17. The second-order valence-corrected chi connectivity index (χ2v) is 8.36. The van der Waals surface area contributed by atoms with Gasteiger partial charge in [0.2, 0.25) is 0 Å². The van der Waals surface area contributed by atoms with Gasteiger partial charge < -0.3 is 14.6 Å². The number of benzene rings is 1. The number of hydrogen-bond donors (Lipinski definition) is 1. The van der Waals surface area contributed by atoms with Gasteiger partial charge in [0.05, 0.1) is 18.7 Å². The van der Waals surface area contributed by atoms with Crippen molar-refractivity contribution in [1.29, 1.82) is 0 Å². The Morgan fingerprint density at radius 3 is 2.84 bits per heavy atom. The van der Waals surface area contributed by atoms with Gasteiger partial charge in [0.25, 0.3) is 11.5 Å². The zero-order valence-electron chi connectivity index (χ0n) is 16.9. The Labute approximate surface area is 182 Å². The first-order valence-corrected chi connectivity index (χ1v) is 10.9. The molecule has 0 saturated carbocycles. The van der Waals surface area contributed by atoms with Gasteiger partial charge in [-0.1, -0.05) is 35.9 Å². The first-order chi connectivity index (χ1) is 15.1. The van der Waals surface area contributed by atoms with Gasteiger partial charge in [-0.2, -0.15) is 0 Å². The highest BCUT2D eigenvalue weighted by Crippen LogP contribution is 2.28. The van der Waals surface area contributed by atoms with Crippen molar-refractivity contribution >= 4 is 27.5 Å². The van der Waals surface area contributed by atoms with Crippen molar-refractivity contribution in [1.82, 2.24) is 19.9 Å². The first kappa shape index (κ1) is 19.6. The molecule has 0 bridgehead atoms. The number of nitrogens with zero attached hydrogens (tertiary/aromatic N) is 3. The van der Waals surface area contributed by atoms with Crippen LogP contribution in [0.25, 0.3) is 21.7 Å². The van der Waals surface area contributed by atoms with Gasteiger partial charge >= 0.3 is 0 Å². The van der Waals surface area contributed by atoms with Crippen LogP contribution in [0.2, 0.25) is 0 Å². The van der Waals surface area contributed by atoms with Gasteiger partial charge in [0.15, 0.2) is 5.82 Å². The van der Waals surface area contributed by atoms with Gasteiger partial charge in [-0.15, -0.1) is 11.3 Å². The Bertz CT molecular complexity index is 1300. The van der Waals surface area contributed by atoms with Crippen LogP contribution in [0.3, 0.4) is 0 Å². The number of morpholine rings is 1. The number of carbonyl (C=O) groups excluding carboxylic acids is 1. The molecule has 0 spiro atoms. The van der Waals surface area contributed by atoms with E-state index >= 15 is 0 Å². The van der Waals surface area contributed by atoms with Crippen LogP contribution in [0.1, 0.15) is 27.6 Å². The predicted octanol–water partition coefficient (Wildman–Crippen LogP) is 3.57.